The van der Waals surface area contributed by atoms with E-state index in [0.29, 0.717) is 16.3 Å². The maximum atomic E-state index is 9.34. The smallest absolute Gasteiger partial charge is 0.162 e. The molecule has 3 heteroatoms. The third kappa shape index (κ3) is 1.57. The number of rotatable bonds is 1. The quantitative estimate of drug-likeness (QED) is 0.705. The molecule has 0 aliphatic carbocycles. The summed E-state index contributed by atoms with van der Waals surface area (Å²) in [6.45, 7) is 1.77. The molecule has 60 valence electrons. The number of hydrogen-bond donors (Lipinski definition) is 1. The minimum absolute atomic E-state index is 0.150. The SMILES string of the molecule is COc1cc(Cl)cc(C)c1O. The van der Waals surface area contributed by atoms with Gasteiger partial charge >= 0.3 is 0 Å². The number of halogens is 1. The van der Waals surface area contributed by atoms with Crippen LogP contribution in [0.25, 0.3) is 0 Å². The molecule has 1 aromatic carbocycles. The summed E-state index contributed by atoms with van der Waals surface area (Å²) in [7, 11) is 1.49. The lowest BCUT2D eigenvalue weighted by atomic mass is 10.2. The second kappa shape index (κ2) is 3.01. The Labute approximate surface area is 70.4 Å². The third-order valence-corrected chi connectivity index (χ3v) is 1.67. The van der Waals surface area contributed by atoms with Crippen LogP contribution in [0.3, 0.4) is 0 Å². The summed E-state index contributed by atoms with van der Waals surface area (Å²) < 4.78 is 4.87. The van der Waals surface area contributed by atoms with Crippen LogP contribution in [0, 0.1) is 6.92 Å². The van der Waals surface area contributed by atoms with Crippen molar-refractivity contribution in [2.75, 3.05) is 7.11 Å². The van der Waals surface area contributed by atoms with Gasteiger partial charge in [0.15, 0.2) is 11.5 Å². The summed E-state index contributed by atoms with van der Waals surface area (Å²) in [6, 6.07) is 3.25. The monoisotopic (exact) mass is 172 g/mol. The minimum atomic E-state index is 0.150. The van der Waals surface area contributed by atoms with Crippen LogP contribution in [0.1, 0.15) is 5.56 Å². The number of benzene rings is 1. The molecule has 0 saturated heterocycles. The van der Waals surface area contributed by atoms with Gasteiger partial charge in [0, 0.05) is 11.1 Å². The van der Waals surface area contributed by atoms with E-state index in [1.54, 1.807) is 19.1 Å². The first-order chi connectivity index (χ1) is 5.15. The Bertz CT molecular complexity index is 271. The second-order valence-corrected chi connectivity index (χ2v) is 2.71. The van der Waals surface area contributed by atoms with E-state index < -0.39 is 0 Å². The predicted molar refractivity (Wildman–Crippen MR) is 44.4 cm³/mol. The minimum Gasteiger partial charge on any atom is -0.504 e. The fourth-order valence-electron chi connectivity index (χ4n) is 0.860. The van der Waals surface area contributed by atoms with Crippen molar-refractivity contribution in [3.63, 3.8) is 0 Å². The van der Waals surface area contributed by atoms with Gasteiger partial charge in [0.1, 0.15) is 0 Å². The molecule has 1 aromatic rings. The average Bonchev–Trinajstić information content (AvgIpc) is 1.96. The number of hydrogen-bond acceptors (Lipinski definition) is 2. The molecular formula is C8H9ClO2. The number of aryl methyl sites for hydroxylation is 1. The van der Waals surface area contributed by atoms with Crippen molar-refractivity contribution in [2.45, 2.75) is 6.92 Å². The van der Waals surface area contributed by atoms with Crippen LogP contribution < -0.4 is 4.74 Å². The molecule has 0 aliphatic heterocycles. The van der Waals surface area contributed by atoms with E-state index in [1.807, 2.05) is 0 Å². The molecular weight excluding hydrogens is 164 g/mol. The molecule has 0 heterocycles. The summed E-state index contributed by atoms with van der Waals surface area (Å²) in [5.41, 5.74) is 0.717. The van der Waals surface area contributed by atoms with Gasteiger partial charge in [0.25, 0.3) is 0 Å². The Hall–Kier alpha value is -0.890. The van der Waals surface area contributed by atoms with Crippen molar-refractivity contribution in [2.24, 2.45) is 0 Å². The van der Waals surface area contributed by atoms with Crippen molar-refractivity contribution in [1.29, 1.82) is 0 Å². The molecule has 0 bridgehead atoms. The van der Waals surface area contributed by atoms with Crippen molar-refractivity contribution in [3.05, 3.63) is 22.7 Å². The number of methoxy groups -OCH3 is 1. The van der Waals surface area contributed by atoms with Crippen molar-refractivity contribution < 1.29 is 9.84 Å². The first kappa shape index (κ1) is 8.21. The lowest BCUT2D eigenvalue weighted by molar-refractivity contribution is 0.372. The van der Waals surface area contributed by atoms with E-state index in [0.717, 1.165) is 0 Å². The van der Waals surface area contributed by atoms with E-state index in [-0.39, 0.29) is 5.75 Å². The molecule has 0 unspecified atom stereocenters. The largest absolute Gasteiger partial charge is 0.504 e. The summed E-state index contributed by atoms with van der Waals surface area (Å²) in [4.78, 5) is 0. The Balaban J connectivity index is 3.24. The Morgan fingerprint density at radius 2 is 2.09 bits per heavy atom. The van der Waals surface area contributed by atoms with Gasteiger partial charge < -0.3 is 9.84 Å². The van der Waals surface area contributed by atoms with Gasteiger partial charge in [-0.05, 0) is 18.6 Å². The lowest BCUT2D eigenvalue weighted by Crippen LogP contribution is -1.85. The normalized spacial score (nSPS) is 9.73. The van der Waals surface area contributed by atoms with Gasteiger partial charge in [-0.1, -0.05) is 11.6 Å². The van der Waals surface area contributed by atoms with Gasteiger partial charge in [-0.2, -0.15) is 0 Å². The zero-order valence-electron chi connectivity index (χ0n) is 6.39. The van der Waals surface area contributed by atoms with Crippen LogP contribution in [-0.4, -0.2) is 12.2 Å². The number of phenolic OH excluding ortho intramolecular Hbond substituents is 1. The highest BCUT2D eigenvalue weighted by molar-refractivity contribution is 6.30. The van der Waals surface area contributed by atoms with Crippen LogP contribution in [0.5, 0.6) is 11.5 Å². The second-order valence-electron chi connectivity index (χ2n) is 2.27. The molecule has 0 radical (unpaired) electrons. The van der Waals surface area contributed by atoms with E-state index in [9.17, 15) is 5.11 Å². The molecule has 0 fully saturated rings. The highest BCUT2D eigenvalue weighted by Gasteiger charge is 2.04. The van der Waals surface area contributed by atoms with Gasteiger partial charge in [-0.3, -0.25) is 0 Å². The molecule has 0 saturated carbocycles. The molecule has 11 heavy (non-hydrogen) atoms. The Kier molecular flexibility index (Phi) is 2.25. The van der Waals surface area contributed by atoms with Gasteiger partial charge in [-0.15, -0.1) is 0 Å². The number of ether oxygens (including phenoxy) is 1. The first-order valence-corrected chi connectivity index (χ1v) is 3.56. The first-order valence-electron chi connectivity index (χ1n) is 3.18. The van der Waals surface area contributed by atoms with Crippen molar-refractivity contribution in [1.82, 2.24) is 0 Å². The average molecular weight is 173 g/mol. The van der Waals surface area contributed by atoms with Crippen LogP contribution in [-0.2, 0) is 0 Å². The molecule has 0 spiro atoms. The van der Waals surface area contributed by atoms with E-state index in [1.165, 1.54) is 7.11 Å². The van der Waals surface area contributed by atoms with Crippen LogP contribution in [0.15, 0.2) is 12.1 Å². The third-order valence-electron chi connectivity index (χ3n) is 1.45. The van der Waals surface area contributed by atoms with E-state index in [2.05, 4.69) is 0 Å². The fourth-order valence-corrected chi connectivity index (χ4v) is 1.12. The highest BCUT2D eigenvalue weighted by Crippen LogP contribution is 2.32. The molecule has 1 rings (SSSR count). The Morgan fingerprint density at radius 3 is 2.64 bits per heavy atom. The zero-order chi connectivity index (χ0) is 8.43. The van der Waals surface area contributed by atoms with Gasteiger partial charge in [0.2, 0.25) is 0 Å². The highest BCUT2D eigenvalue weighted by atomic mass is 35.5. The summed E-state index contributed by atoms with van der Waals surface area (Å²) in [5.74, 6) is 0.562. The standard InChI is InChI=1S/C8H9ClO2/c1-5-3-6(9)4-7(11-2)8(5)10/h3-4,10H,1-2H3. The van der Waals surface area contributed by atoms with Crippen molar-refractivity contribution >= 4 is 11.6 Å². The molecule has 2 nitrogen and oxygen atoms in total. The molecule has 0 aromatic heterocycles. The van der Waals surface area contributed by atoms with Crippen LogP contribution in [0.4, 0.5) is 0 Å². The van der Waals surface area contributed by atoms with Crippen molar-refractivity contribution in [3.8, 4) is 11.5 Å². The summed E-state index contributed by atoms with van der Waals surface area (Å²) >= 11 is 5.71. The summed E-state index contributed by atoms with van der Waals surface area (Å²) in [6.07, 6.45) is 0. The maximum absolute atomic E-state index is 9.34. The molecule has 0 atom stereocenters. The van der Waals surface area contributed by atoms with E-state index >= 15 is 0 Å². The topological polar surface area (TPSA) is 29.5 Å². The molecule has 0 amide bonds. The maximum Gasteiger partial charge on any atom is 0.162 e. The predicted octanol–water partition coefficient (Wildman–Crippen LogP) is 2.36. The van der Waals surface area contributed by atoms with E-state index in [4.69, 9.17) is 16.3 Å². The molecule has 0 aliphatic rings. The van der Waals surface area contributed by atoms with Gasteiger partial charge in [0.05, 0.1) is 7.11 Å². The fraction of sp³-hybridized carbons (Fsp3) is 0.250. The summed E-state index contributed by atoms with van der Waals surface area (Å²) in [5, 5.41) is 9.91. The Morgan fingerprint density at radius 1 is 1.45 bits per heavy atom. The lowest BCUT2D eigenvalue weighted by Gasteiger charge is -2.05. The van der Waals surface area contributed by atoms with Crippen LogP contribution in [0.2, 0.25) is 5.02 Å². The number of aromatic hydroxyl groups is 1. The van der Waals surface area contributed by atoms with Crippen LogP contribution >= 0.6 is 11.6 Å². The number of phenols is 1. The molecule has 1 N–H and O–H groups in total. The zero-order valence-corrected chi connectivity index (χ0v) is 7.14. The van der Waals surface area contributed by atoms with Gasteiger partial charge in [-0.25, -0.2) is 0 Å².